The fourth-order valence-electron chi connectivity index (χ4n) is 3.58. The number of halogens is 1. The number of hydrogen-bond donors (Lipinski definition) is 1. The Morgan fingerprint density at radius 2 is 1.96 bits per heavy atom. The van der Waals surface area contributed by atoms with Gasteiger partial charge in [-0.2, -0.15) is 0 Å². The molecular formula is C19H18FN3O2. The first-order chi connectivity index (χ1) is 12.0. The van der Waals surface area contributed by atoms with Crippen LogP contribution in [0.3, 0.4) is 0 Å². The lowest BCUT2D eigenvalue weighted by Crippen LogP contribution is -2.36. The van der Waals surface area contributed by atoms with Crippen molar-refractivity contribution in [3.05, 3.63) is 54.0 Å². The number of rotatable bonds is 3. The molecule has 0 bridgehead atoms. The highest BCUT2D eigenvalue weighted by atomic mass is 19.1. The molecule has 1 aliphatic carbocycles. The summed E-state index contributed by atoms with van der Waals surface area (Å²) >= 11 is 0. The molecule has 1 saturated carbocycles. The largest absolute Gasteiger partial charge is 0.349 e. The van der Waals surface area contributed by atoms with E-state index in [2.05, 4.69) is 10.3 Å². The Morgan fingerprint density at radius 1 is 1.20 bits per heavy atom. The summed E-state index contributed by atoms with van der Waals surface area (Å²) < 4.78 is 13.3. The molecule has 2 amide bonds. The van der Waals surface area contributed by atoms with E-state index in [4.69, 9.17) is 0 Å². The maximum Gasteiger partial charge on any atom is 0.253 e. The number of pyridine rings is 1. The van der Waals surface area contributed by atoms with E-state index in [9.17, 15) is 14.0 Å². The van der Waals surface area contributed by atoms with Crippen LogP contribution in [0.25, 0.3) is 11.3 Å². The van der Waals surface area contributed by atoms with Crippen molar-refractivity contribution in [2.45, 2.75) is 13.0 Å². The van der Waals surface area contributed by atoms with Gasteiger partial charge in [0.15, 0.2) is 0 Å². The Balaban J connectivity index is 1.38. The molecule has 6 heteroatoms. The summed E-state index contributed by atoms with van der Waals surface area (Å²) in [7, 11) is 0. The maximum atomic E-state index is 13.3. The Bertz CT molecular complexity index is 825. The van der Waals surface area contributed by atoms with E-state index in [1.54, 1.807) is 31.2 Å². The summed E-state index contributed by atoms with van der Waals surface area (Å²) in [6, 6.07) is 9.75. The van der Waals surface area contributed by atoms with Gasteiger partial charge in [-0.15, -0.1) is 0 Å². The monoisotopic (exact) mass is 339 g/mol. The lowest BCUT2D eigenvalue weighted by molar-refractivity contribution is -0.128. The highest BCUT2D eigenvalue weighted by Crippen LogP contribution is 2.45. The van der Waals surface area contributed by atoms with Gasteiger partial charge in [0.25, 0.3) is 5.91 Å². The zero-order valence-electron chi connectivity index (χ0n) is 13.8. The van der Waals surface area contributed by atoms with Crippen molar-refractivity contribution in [2.24, 2.45) is 11.8 Å². The van der Waals surface area contributed by atoms with Crippen LogP contribution in [-0.2, 0) is 4.79 Å². The predicted molar refractivity (Wildman–Crippen MR) is 90.1 cm³/mol. The third-order valence-electron chi connectivity index (χ3n) is 5.08. The third kappa shape index (κ3) is 2.99. The number of amides is 2. The van der Waals surface area contributed by atoms with Crippen molar-refractivity contribution < 1.29 is 14.0 Å². The van der Waals surface area contributed by atoms with E-state index >= 15 is 0 Å². The molecule has 2 fully saturated rings. The van der Waals surface area contributed by atoms with Gasteiger partial charge in [-0.05, 0) is 24.3 Å². The van der Waals surface area contributed by atoms with Crippen LogP contribution in [0.5, 0.6) is 0 Å². The lowest BCUT2D eigenvalue weighted by Gasteiger charge is -2.18. The second-order valence-electron chi connectivity index (χ2n) is 6.69. The van der Waals surface area contributed by atoms with Gasteiger partial charge in [-0.3, -0.25) is 14.6 Å². The Labute approximate surface area is 144 Å². The normalized spacial score (nSPS) is 23.9. The Morgan fingerprint density at radius 3 is 2.56 bits per heavy atom. The number of nitrogens with one attached hydrogen (secondary N) is 1. The van der Waals surface area contributed by atoms with Crippen LogP contribution in [0.2, 0.25) is 0 Å². The number of benzene rings is 1. The number of hydrogen-bond acceptors (Lipinski definition) is 3. The van der Waals surface area contributed by atoms with Crippen LogP contribution in [-0.4, -0.2) is 40.8 Å². The Hall–Kier alpha value is -2.76. The molecule has 1 aromatic heterocycles. The van der Waals surface area contributed by atoms with Crippen LogP contribution in [0.15, 0.2) is 42.6 Å². The summed E-state index contributed by atoms with van der Waals surface area (Å²) in [5.74, 6) is 0.349. The van der Waals surface area contributed by atoms with Gasteiger partial charge in [-0.1, -0.05) is 12.1 Å². The molecule has 25 heavy (non-hydrogen) atoms. The third-order valence-corrected chi connectivity index (χ3v) is 5.08. The number of carbonyl (C=O) groups is 2. The number of fused-ring (bicyclic) bond motifs is 1. The molecule has 1 N–H and O–H groups in total. The summed E-state index contributed by atoms with van der Waals surface area (Å²) in [5, 5.41) is 3.02. The number of carbonyl (C=O) groups excluding carboxylic acids is 2. The predicted octanol–water partition coefficient (Wildman–Crippen LogP) is 2.09. The quantitative estimate of drug-likeness (QED) is 0.931. The van der Waals surface area contributed by atoms with Crippen LogP contribution in [0.1, 0.15) is 17.3 Å². The summed E-state index contributed by atoms with van der Waals surface area (Å²) in [4.78, 5) is 29.8. The van der Waals surface area contributed by atoms with Gasteiger partial charge < -0.3 is 10.2 Å². The van der Waals surface area contributed by atoms with E-state index in [1.165, 1.54) is 18.3 Å². The van der Waals surface area contributed by atoms with Gasteiger partial charge in [0.2, 0.25) is 5.91 Å². The second kappa shape index (κ2) is 5.95. The number of likely N-dealkylation sites (tertiary alicyclic amines) is 1. The molecule has 0 radical (unpaired) electrons. The van der Waals surface area contributed by atoms with Crippen LogP contribution < -0.4 is 5.32 Å². The van der Waals surface area contributed by atoms with Crippen molar-refractivity contribution in [3.63, 3.8) is 0 Å². The molecule has 2 aliphatic rings. The highest BCUT2D eigenvalue weighted by Gasteiger charge is 2.57. The number of piperidine rings is 1. The van der Waals surface area contributed by atoms with Crippen molar-refractivity contribution >= 4 is 11.8 Å². The van der Waals surface area contributed by atoms with Crippen LogP contribution in [0.4, 0.5) is 4.39 Å². The minimum atomic E-state index is -0.319. The smallest absolute Gasteiger partial charge is 0.253 e. The van der Waals surface area contributed by atoms with Gasteiger partial charge >= 0.3 is 0 Å². The molecule has 1 saturated heterocycles. The molecule has 1 unspecified atom stereocenters. The van der Waals surface area contributed by atoms with Crippen LogP contribution in [0, 0.1) is 17.7 Å². The van der Waals surface area contributed by atoms with Crippen molar-refractivity contribution in [1.29, 1.82) is 0 Å². The second-order valence-corrected chi connectivity index (χ2v) is 6.69. The summed E-state index contributed by atoms with van der Waals surface area (Å²) in [6.07, 6.45) is 1.51. The summed E-state index contributed by atoms with van der Waals surface area (Å²) in [5.41, 5.74) is 1.78. The van der Waals surface area contributed by atoms with Crippen molar-refractivity contribution in [3.8, 4) is 11.3 Å². The molecule has 1 aliphatic heterocycles. The number of nitrogens with zero attached hydrogens (tertiary/aromatic N) is 2. The van der Waals surface area contributed by atoms with E-state index in [0.29, 0.717) is 28.7 Å². The first-order valence-corrected chi connectivity index (χ1v) is 8.31. The molecule has 1 aromatic carbocycles. The highest BCUT2D eigenvalue weighted by molar-refractivity contribution is 5.94. The summed E-state index contributed by atoms with van der Waals surface area (Å²) in [6.45, 7) is 3.02. The SMILES string of the molecule is CC(=O)N1C[C@@H]2C(NC(=O)c3ccc(-c4cccc(F)c4)nc3)[C@@H]2C1. The molecule has 4 rings (SSSR count). The minimum absolute atomic E-state index is 0.0921. The molecule has 128 valence electrons. The lowest BCUT2D eigenvalue weighted by atomic mass is 10.1. The van der Waals surface area contributed by atoms with Crippen molar-refractivity contribution in [1.82, 2.24) is 15.2 Å². The fourth-order valence-corrected chi connectivity index (χ4v) is 3.58. The van der Waals surface area contributed by atoms with Gasteiger partial charge in [0, 0.05) is 49.7 Å². The first-order valence-electron chi connectivity index (χ1n) is 8.31. The topological polar surface area (TPSA) is 62.3 Å². The van der Waals surface area contributed by atoms with Gasteiger partial charge in [0.1, 0.15) is 5.82 Å². The molecule has 5 nitrogen and oxygen atoms in total. The zero-order chi connectivity index (χ0) is 17.6. The first kappa shape index (κ1) is 15.7. The van der Waals surface area contributed by atoms with Crippen molar-refractivity contribution in [2.75, 3.05) is 13.1 Å². The Kier molecular flexibility index (Phi) is 3.75. The molecule has 3 atom stereocenters. The standard InChI is InChI=1S/C19H18FN3O2/c1-11(24)23-9-15-16(10-23)18(15)22-19(25)13-5-6-17(21-8-13)12-3-2-4-14(20)7-12/h2-8,15-16,18H,9-10H2,1H3,(H,22,25)/t15-,16+,18?. The fraction of sp³-hybridized carbons (Fsp3) is 0.316. The zero-order valence-corrected chi connectivity index (χ0v) is 13.8. The van der Waals surface area contributed by atoms with Gasteiger partial charge in [-0.25, -0.2) is 4.39 Å². The van der Waals surface area contributed by atoms with Gasteiger partial charge in [0.05, 0.1) is 11.3 Å². The number of aromatic nitrogens is 1. The average Bonchev–Trinajstić information content (AvgIpc) is 3.04. The molecule has 2 heterocycles. The van der Waals surface area contributed by atoms with Crippen LogP contribution >= 0.6 is 0 Å². The molecule has 2 aromatic rings. The average molecular weight is 339 g/mol. The van der Waals surface area contributed by atoms with E-state index in [-0.39, 0.29) is 23.7 Å². The van der Waals surface area contributed by atoms with E-state index in [1.807, 2.05) is 4.90 Å². The van der Waals surface area contributed by atoms with E-state index < -0.39 is 0 Å². The van der Waals surface area contributed by atoms with E-state index in [0.717, 1.165) is 13.1 Å². The maximum absolute atomic E-state index is 13.3. The molecule has 0 spiro atoms. The molecular weight excluding hydrogens is 321 g/mol. The minimum Gasteiger partial charge on any atom is -0.349 e.